The Labute approximate surface area is 183 Å². The number of nitrogens with one attached hydrogen (secondary N) is 1. The quantitative estimate of drug-likeness (QED) is 0.581. The first-order valence-corrected chi connectivity index (χ1v) is 11.1. The molecule has 0 spiro atoms. The number of benzene rings is 3. The predicted octanol–water partition coefficient (Wildman–Crippen LogP) is 5.14. The summed E-state index contributed by atoms with van der Waals surface area (Å²) >= 11 is 12.0. The number of sulfonamides is 1. The first-order valence-electron chi connectivity index (χ1n) is 8.94. The fourth-order valence-electron chi connectivity index (χ4n) is 3.31. The van der Waals surface area contributed by atoms with Gasteiger partial charge in [-0.2, -0.15) is 0 Å². The zero-order chi connectivity index (χ0) is 21.5. The van der Waals surface area contributed by atoms with Gasteiger partial charge in [0.05, 0.1) is 16.4 Å². The van der Waals surface area contributed by atoms with E-state index >= 15 is 0 Å². The molecule has 4 rings (SSSR count). The molecule has 0 bridgehead atoms. The molecule has 0 fully saturated rings. The average molecular weight is 465 g/mol. The van der Waals surface area contributed by atoms with E-state index in [0.717, 1.165) is 11.6 Å². The molecule has 1 aliphatic rings. The molecule has 0 aromatic heterocycles. The van der Waals surface area contributed by atoms with Crippen LogP contribution in [0.3, 0.4) is 0 Å². The number of carbonyl (C=O) groups is 1. The van der Waals surface area contributed by atoms with Crippen molar-refractivity contribution in [3.63, 3.8) is 0 Å². The Morgan fingerprint density at radius 1 is 1.03 bits per heavy atom. The van der Waals surface area contributed by atoms with Crippen LogP contribution in [0.15, 0.2) is 65.6 Å². The Morgan fingerprint density at radius 2 is 1.80 bits per heavy atom. The number of carbonyl (C=O) groups excluding carboxylic acids is 1. The lowest BCUT2D eigenvalue weighted by molar-refractivity contribution is 0.102. The van der Waals surface area contributed by atoms with E-state index in [2.05, 4.69) is 5.32 Å². The van der Waals surface area contributed by atoms with Crippen LogP contribution in [0.25, 0.3) is 0 Å². The maximum Gasteiger partial charge on any atom is 0.265 e. The second-order valence-corrected chi connectivity index (χ2v) is 9.35. The van der Waals surface area contributed by atoms with Crippen LogP contribution < -0.4 is 9.62 Å². The standard InChI is InChI=1S/C21H15Cl2FN2O3S/c22-15-6-8-17(24)18(12-15)25-21(27)14-5-7-16(23)20(11-14)30(28,29)26-10-9-13-3-1-2-4-19(13)26/h1-8,11-12H,9-10H2,(H,25,27). The summed E-state index contributed by atoms with van der Waals surface area (Å²) in [6, 6.07) is 14.9. The van der Waals surface area contributed by atoms with Crippen molar-refractivity contribution in [2.75, 3.05) is 16.2 Å². The highest BCUT2D eigenvalue weighted by atomic mass is 35.5. The van der Waals surface area contributed by atoms with E-state index < -0.39 is 21.7 Å². The van der Waals surface area contributed by atoms with E-state index in [4.69, 9.17) is 23.2 Å². The van der Waals surface area contributed by atoms with Crippen molar-refractivity contribution in [2.45, 2.75) is 11.3 Å². The third kappa shape index (κ3) is 3.76. The van der Waals surface area contributed by atoms with Gasteiger partial charge in [0.15, 0.2) is 0 Å². The Morgan fingerprint density at radius 3 is 2.60 bits per heavy atom. The number of hydrogen-bond acceptors (Lipinski definition) is 3. The summed E-state index contributed by atoms with van der Waals surface area (Å²) < 4.78 is 41.8. The first kappa shape index (κ1) is 20.7. The van der Waals surface area contributed by atoms with Gasteiger partial charge in [0, 0.05) is 17.1 Å². The Bertz CT molecular complexity index is 1260. The summed E-state index contributed by atoms with van der Waals surface area (Å²) in [6.45, 7) is 0.280. The Hall–Kier alpha value is -2.61. The molecule has 1 amide bonds. The lowest BCUT2D eigenvalue weighted by Gasteiger charge is -2.20. The average Bonchev–Trinajstić information content (AvgIpc) is 3.16. The number of hydrogen-bond donors (Lipinski definition) is 1. The second kappa shape index (κ2) is 7.91. The van der Waals surface area contributed by atoms with Gasteiger partial charge in [0.1, 0.15) is 10.7 Å². The highest BCUT2D eigenvalue weighted by Crippen LogP contribution is 2.35. The fraction of sp³-hybridized carbons (Fsp3) is 0.0952. The maximum absolute atomic E-state index is 13.9. The van der Waals surface area contributed by atoms with Crippen molar-refractivity contribution in [1.82, 2.24) is 0 Å². The third-order valence-electron chi connectivity index (χ3n) is 4.78. The summed E-state index contributed by atoms with van der Waals surface area (Å²) in [4.78, 5) is 12.4. The van der Waals surface area contributed by atoms with Gasteiger partial charge < -0.3 is 5.32 Å². The maximum atomic E-state index is 13.9. The van der Waals surface area contributed by atoms with Gasteiger partial charge >= 0.3 is 0 Å². The van der Waals surface area contributed by atoms with Crippen molar-refractivity contribution in [3.8, 4) is 0 Å². The van der Waals surface area contributed by atoms with E-state index in [0.29, 0.717) is 12.1 Å². The molecule has 5 nitrogen and oxygen atoms in total. The number of nitrogens with zero attached hydrogens (tertiary/aromatic N) is 1. The van der Waals surface area contributed by atoms with Crippen LogP contribution in [0.5, 0.6) is 0 Å². The van der Waals surface area contributed by atoms with Crippen molar-refractivity contribution in [3.05, 3.63) is 87.7 Å². The van der Waals surface area contributed by atoms with Crippen LogP contribution in [0, 0.1) is 5.82 Å². The summed E-state index contributed by atoms with van der Waals surface area (Å²) in [6.07, 6.45) is 0.585. The smallest absolute Gasteiger partial charge is 0.265 e. The molecule has 0 radical (unpaired) electrons. The highest BCUT2D eigenvalue weighted by Gasteiger charge is 2.32. The normalized spacial score (nSPS) is 13.2. The largest absolute Gasteiger partial charge is 0.319 e. The molecule has 3 aromatic rings. The summed E-state index contributed by atoms with van der Waals surface area (Å²) in [5.41, 5.74) is 1.41. The van der Waals surface area contributed by atoms with E-state index in [1.165, 1.54) is 34.6 Å². The van der Waals surface area contributed by atoms with Gasteiger partial charge in [-0.1, -0.05) is 41.4 Å². The van der Waals surface area contributed by atoms with Crippen LogP contribution in [-0.2, 0) is 16.4 Å². The molecule has 0 saturated heterocycles. The number of para-hydroxylation sites is 1. The van der Waals surface area contributed by atoms with Crippen LogP contribution in [0.2, 0.25) is 10.0 Å². The second-order valence-electron chi connectivity index (χ2n) is 6.68. The molecule has 9 heteroatoms. The van der Waals surface area contributed by atoms with E-state index in [1.807, 2.05) is 12.1 Å². The van der Waals surface area contributed by atoms with Crippen LogP contribution in [0.4, 0.5) is 15.8 Å². The van der Waals surface area contributed by atoms with E-state index in [1.54, 1.807) is 12.1 Å². The number of fused-ring (bicyclic) bond motifs is 1. The minimum absolute atomic E-state index is 0.00938. The number of anilines is 2. The molecule has 1 aliphatic heterocycles. The fourth-order valence-corrected chi connectivity index (χ4v) is 5.49. The first-order chi connectivity index (χ1) is 14.3. The monoisotopic (exact) mass is 464 g/mol. The van der Waals surface area contributed by atoms with Gasteiger partial charge in [-0.05, 0) is 54.4 Å². The molecular formula is C21H15Cl2FN2O3S. The van der Waals surface area contributed by atoms with Gasteiger partial charge in [0.25, 0.3) is 15.9 Å². The summed E-state index contributed by atoms with van der Waals surface area (Å²) in [5, 5.41) is 2.64. The SMILES string of the molecule is O=C(Nc1cc(Cl)ccc1F)c1ccc(Cl)c(S(=O)(=O)N2CCc3ccccc32)c1. The zero-order valence-corrected chi connectivity index (χ0v) is 17.7. The number of amides is 1. The Kier molecular flexibility index (Phi) is 5.44. The minimum atomic E-state index is -4.00. The molecule has 0 saturated carbocycles. The van der Waals surface area contributed by atoms with Gasteiger partial charge in [0.2, 0.25) is 0 Å². The minimum Gasteiger partial charge on any atom is -0.319 e. The van der Waals surface area contributed by atoms with E-state index in [9.17, 15) is 17.6 Å². The summed E-state index contributed by atoms with van der Waals surface area (Å²) in [5.74, 6) is -1.35. The van der Waals surface area contributed by atoms with Crippen molar-refractivity contribution >= 4 is 50.5 Å². The zero-order valence-electron chi connectivity index (χ0n) is 15.4. The molecule has 0 unspecified atom stereocenters. The molecule has 0 aliphatic carbocycles. The van der Waals surface area contributed by atoms with Crippen molar-refractivity contribution in [1.29, 1.82) is 0 Å². The van der Waals surface area contributed by atoms with Gasteiger partial charge in [-0.25, -0.2) is 12.8 Å². The Balaban J connectivity index is 1.68. The number of rotatable bonds is 4. The molecule has 154 valence electrons. The highest BCUT2D eigenvalue weighted by molar-refractivity contribution is 7.93. The van der Waals surface area contributed by atoms with Crippen molar-refractivity contribution in [2.24, 2.45) is 0 Å². The topological polar surface area (TPSA) is 66.5 Å². The van der Waals surface area contributed by atoms with Gasteiger partial charge in [-0.3, -0.25) is 9.10 Å². The lowest BCUT2D eigenvalue weighted by atomic mass is 10.2. The molecule has 30 heavy (non-hydrogen) atoms. The molecule has 0 atom stereocenters. The van der Waals surface area contributed by atoms with Gasteiger partial charge in [-0.15, -0.1) is 0 Å². The summed E-state index contributed by atoms with van der Waals surface area (Å²) in [7, 11) is -4.00. The predicted molar refractivity (Wildman–Crippen MR) is 115 cm³/mol. The number of halogens is 3. The van der Waals surface area contributed by atoms with Crippen LogP contribution in [0.1, 0.15) is 15.9 Å². The molecular weight excluding hydrogens is 450 g/mol. The lowest BCUT2D eigenvalue weighted by Crippen LogP contribution is -2.29. The molecule has 3 aromatic carbocycles. The van der Waals surface area contributed by atoms with Crippen molar-refractivity contribution < 1.29 is 17.6 Å². The van der Waals surface area contributed by atoms with E-state index in [-0.39, 0.29) is 32.7 Å². The van der Waals surface area contributed by atoms with Crippen LogP contribution in [-0.4, -0.2) is 20.9 Å². The van der Waals surface area contributed by atoms with Crippen LogP contribution >= 0.6 is 23.2 Å². The third-order valence-corrected chi connectivity index (χ3v) is 7.31. The molecule has 1 N–H and O–H groups in total. The molecule has 1 heterocycles.